The molecule has 18 heavy (non-hydrogen) atoms. The molecular weight excluding hydrogens is 232 g/mol. The number of piperazine rings is 1. The molecule has 5 nitrogen and oxygen atoms in total. The summed E-state index contributed by atoms with van der Waals surface area (Å²) in [6, 6.07) is 0.456. The fourth-order valence-corrected chi connectivity index (χ4v) is 2.95. The normalized spacial score (nSPS) is 31.6. The lowest BCUT2D eigenvalue weighted by atomic mass is 10.0. The topological polar surface area (TPSA) is 50.8 Å². The van der Waals surface area contributed by atoms with Gasteiger partial charge in [-0.05, 0) is 27.2 Å². The van der Waals surface area contributed by atoms with Crippen LogP contribution >= 0.6 is 0 Å². The van der Waals surface area contributed by atoms with Gasteiger partial charge in [0.25, 0.3) is 0 Å². The van der Waals surface area contributed by atoms with Crippen LogP contribution in [-0.4, -0.2) is 55.5 Å². The van der Waals surface area contributed by atoms with Crippen molar-refractivity contribution in [3.05, 3.63) is 0 Å². The molecule has 2 aliphatic heterocycles. The second kappa shape index (κ2) is 5.05. The van der Waals surface area contributed by atoms with E-state index in [1.54, 1.807) is 7.11 Å². The molecule has 5 heteroatoms. The lowest BCUT2D eigenvalue weighted by molar-refractivity contribution is 0.00632. The molecule has 0 aromatic carbocycles. The lowest BCUT2D eigenvalue weighted by Crippen LogP contribution is -2.56. The second-order valence-electron chi connectivity index (χ2n) is 6.22. The van der Waals surface area contributed by atoms with Crippen molar-refractivity contribution >= 4 is 6.09 Å². The fraction of sp³-hybridized carbons (Fsp3) is 0.923. The van der Waals surface area contributed by atoms with Gasteiger partial charge in [-0.2, -0.15) is 0 Å². The summed E-state index contributed by atoms with van der Waals surface area (Å²) in [6.45, 7) is 8.12. The Kier molecular flexibility index (Phi) is 3.82. The number of fused-ring (bicyclic) bond motifs is 2. The Morgan fingerprint density at radius 3 is 2.72 bits per heavy atom. The molecule has 2 rings (SSSR count). The van der Waals surface area contributed by atoms with E-state index in [9.17, 15) is 4.79 Å². The van der Waals surface area contributed by atoms with Gasteiger partial charge in [0.2, 0.25) is 0 Å². The highest BCUT2D eigenvalue weighted by Gasteiger charge is 2.47. The first kappa shape index (κ1) is 13.6. The zero-order valence-electron chi connectivity index (χ0n) is 11.7. The Labute approximate surface area is 109 Å². The summed E-state index contributed by atoms with van der Waals surface area (Å²) < 4.78 is 10.8. The third-order valence-corrected chi connectivity index (χ3v) is 3.59. The monoisotopic (exact) mass is 256 g/mol. The first-order valence-corrected chi connectivity index (χ1v) is 6.63. The second-order valence-corrected chi connectivity index (χ2v) is 6.22. The van der Waals surface area contributed by atoms with Gasteiger partial charge >= 0.3 is 6.09 Å². The van der Waals surface area contributed by atoms with Crippen molar-refractivity contribution in [2.45, 2.75) is 44.9 Å². The summed E-state index contributed by atoms with van der Waals surface area (Å²) in [5.41, 5.74) is -0.432. The molecular formula is C13H24N2O3. The fourth-order valence-electron chi connectivity index (χ4n) is 2.95. The molecule has 0 saturated carbocycles. The molecule has 1 N–H and O–H groups in total. The molecule has 2 fully saturated rings. The van der Waals surface area contributed by atoms with Crippen molar-refractivity contribution in [3.8, 4) is 0 Å². The van der Waals surface area contributed by atoms with Gasteiger partial charge in [0, 0.05) is 32.2 Å². The first-order valence-electron chi connectivity index (χ1n) is 6.63. The molecule has 0 aromatic heterocycles. The molecule has 2 heterocycles. The van der Waals surface area contributed by atoms with Crippen molar-refractivity contribution < 1.29 is 14.3 Å². The Hall–Kier alpha value is -0.810. The average molecular weight is 256 g/mol. The van der Waals surface area contributed by atoms with E-state index in [1.807, 2.05) is 25.7 Å². The summed E-state index contributed by atoms with van der Waals surface area (Å²) in [4.78, 5) is 14.2. The van der Waals surface area contributed by atoms with Crippen LogP contribution < -0.4 is 5.32 Å². The van der Waals surface area contributed by atoms with E-state index >= 15 is 0 Å². The van der Waals surface area contributed by atoms with E-state index in [1.165, 1.54) is 0 Å². The number of hydrogen-bond acceptors (Lipinski definition) is 4. The molecule has 0 spiro atoms. The van der Waals surface area contributed by atoms with Crippen LogP contribution in [0.3, 0.4) is 0 Å². The Bertz CT molecular complexity index is 314. The van der Waals surface area contributed by atoms with Gasteiger partial charge in [0.05, 0.1) is 12.6 Å². The summed E-state index contributed by atoms with van der Waals surface area (Å²) in [5.74, 6) is 0.419. The molecule has 1 unspecified atom stereocenters. The van der Waals surface area contributed by atoms with Gasteiger partial charge < -0.3 is 14.8 Å². The minimum absolute atomic E-state index is 0.183. The van der Waals surface area contributed by atoms with E-state index in [0.717, 1.165) is 19.5 Å². The number of methoxy groups -OCH3 is 1. The van der Waals surface area contributed by atoms with Crippen molar-refractivity contribution in [1.82, 2.24) is 10.2 Å². The summed E-state index contributed by atoms with van der Waals surface area (Å²) in [7, 11) is 1.72. The van der Waals surface area contributed by atoms with E-state index in [2.05, 4.69) is 5.32 Å². The lowest BCUT2D eigenvalue weighted by Gasteiger charge is -2.37. The number of rotatable bonds is 2. The highest BCUT2D eigenvalue weighted by Crippen LogP contribution is 2.33. The summed E-state index contributed by atoms with van der Waals surface area (Å²) in [6.07, 6.45) is 0.822. The quantitative estimate of drug-likeness (QED) is 0.807. The van der Waals surface area contributed by atoms with E-state index in [4.69, 9.17) is 9.47 Å². The highest BCUT2D eigenvalue weighted by molar-refractivity contribution is 5.70. The van der Waals surface area contributed by atoms with Gasteiger partial charge in [-0.1, -0.05) is 0 Å². The number of nitrogens with zero attached hydrogens (tertiary/aromatic N) is 1. The molecule has 104 valence electrons. The van der Waals surface area contributed by atoms with Gasteiger partial charge in [0.15, 0.2) is 0 Å². The van der Waals surface area contributed by atoms with Crippen LogP contribution in [0.2, 0.25) is 0 Å². The minimum atomic E-state index is -0.432. The van der Waals surface area contributed by atoms with Crippen LogP contribution in [0.25, 0.3) is 0 Å². The standard InChI is InChI=1S/C13H24N2O3/c1-13(2,3)18-12(16)15-10-5-9(8-17-4)11(15)7-14-6-10/h9-11,14H,5-8H2,1-4H3/t9?,10-,11-/m1/s1. The molecule has 0 radical (unpaired) electrons. The van der Waals surface area contributed by atoms with Gasteiger partial charge in [-0.3, -0.25) is 4.90 Å². The van der Waals surface area contributed by atoms with Crippen LogP contribution in [0.4, 0.5) is 4.79 Å². The molecule has 0 aromatic rings. The summed E-state index contributed by atoms with van der Waals surface area (Å²) in [5, 5.41) is 3.38. The number of carbonyl (C=O) groups excluding carboxylic acids is 1. The largest absolute Gasteiger partial charge is 0.444 e. The van der Waals surface area contributed by atoms with Crippen LogP contribution in [0, 0.1) is 5.92 Å². The Morgan fingerprint density at radius 2 is 2.11 bits per heavy atom. The highest BCUT2D eigenvalue weighted by atomic mass is 16.6. The van der Waals surface area contributed by atoms with Crippen molar-refractivity contribution in [3.63, 3.8) is 0 Å². The van der Waals surface area contributed by atoms with Gasteiger partial charge in [0.1, 0.15) is 5.60 Å². The van der Waals surface area contributed by atoms with Crippen LogP contribution in [0.15, 0.2) is 0 Å². The maximum absolute atomic E-state index is 12.3. The first-order chi connectivity index (χ1) is 8.42. The molecule has 2 bridgehead atoms. The third kappa shape index (κ3) is 2.78. The Balaban J connectivity index is 2.06. The van der Waals surface area contributed by atoms with Gasteiger partial charge in [-0.15, -0.1) is 0 Å². The maximum Gasteiger partial charge on any atom is 0.410 e. The smallest absolute Gasteiger partial charge is 0.410 e. The number of hydrogen-bond donors (Lipinski definition) is 1. The van der Waals surface area contributed by atoms with E-state index < -0.39 is 5.60 Å². The summed E-state index contributed by atoms with van der Waals surface area (Å²) >= 11 is 0. The number of amides is 1. The number of ether oxygens (including phenoxy) is 2. The predicted octanol–water partition coefficient (Wildman–Crippen LogP) is 1.23. The minimum Gasteiger partial charge on any atom is -0.444 e. The van der Waals surface area contributed by atoms with Crippen molar-refractivity contribution in [2.24, 2.45) is 5.92 Å². The third-order valence-electron chi connectivity index (χ3n) is 3.59. The van der Waals surface area contributed by atoms with Crippen LogP contribution in [0.5, 0.6) is 0 Å². The van der Waals surface area contributed by atoms with Gasteiger partial charge in [-0.25, -0.2) is 4.79 Å². The predicted molar refractivity (Wildman–Crippen MR) is 68.5 cm³/mol. The van der Waals surface area contributed by atoms with E-state index in [-0.39, 0.29) is 18.2 Å². The SMILES string of the molecule is COCC1C[C@@H]2CNC[C@H]1N2C(=O)OC(C)(C)C. The molecule has 2 saturated heterocycles. The molecule has 0 aliphatic carbocycles. The van der Waals surface area contributed by atoms with Crippen molar-refractivity contribution in [2.75, 3.05) is 26.8 Å². The van der Waals surface area contributed by atoms with Crippen molar-refractivity contribution in [1.29, 1.82) is 0 Å². The molecule has 3 atom stereocenters. The Morgan fingerprint density at radius 1 is 1.39 bits per heavy atom. The van der Waals surface area contributed by atoms with Crippen LogP contribution in [0.1, 0.15) is 27.2 Å². The van der Waals surface area contributed by atoms with Crippen LogP contribution in [-0.2, 0) is 9.47 Å². The zero-order valence-corrected chi connectivity index (χ0v) is 11.7. The number of carbonyl (C=O) groups is 1. The zero-order chi connectivity index (χ0) is 13.3. The maximum atomic E-state index is 12.3. The molecule has 1 amide bonds. The molecule has 2 aliphatic rings. The van der Waals surface area contributed by atoms with E-state index in [0.29, 0.717) is 12.5 Å². The number of nitrogens with one attached hydrogen (secondary N) is 1. The average Bonchev–Trinajstić information content (AvgIpc) is 2.45.